The summed E-state index contributed by atoms with van der Waals surface area (Å²) in [7, 11) is 3.12. The molecule has 0 radical (unpaired) electrons. The summed E-state index contributed by atoms with van der Waals surface area (Å²) in [6.45, 7) is 4.49. The lowest BCUT2D eigenvalue weighted by Gasteiger charge is -2.24. The van der Waals surface area contributed by atoms with Gasteiger partial charge in [0.1, 0.15) is 6.04 Å². The minimum absolute atomic E-state index is 0.225. The van der Waals surface area contributed by atoms with Gasteiger partial charge in [-0.15, -0.1) is 0 Å². The molecule has 0 aliphatic carbocycles. The van der Waals surface area contributed by atoms with Crippen molar-refractivity contribution in [2.24, 2.45) is 0 Å². The van der Waals surface area contributed by atoms with Crippen LogP contribution in [0.5, 0.6) is 5.88 Å². The monoisotopic (exact) mass is 498 g/mol. The SMILES string of the molecule is CCn1c(C)c(C(=O)C(=O)N[C@@H](Cc2ccccc2)C(=O)N(C)c2ccc(OC)nc2)c2ccccc21. The lowest BCUT2D eigenvalue weighted by molar-refractivity contribution is -0.125. The van der Waals surface area contributed by atoms with Crippen molar-refractivity contribution in [2.75, 3.05) is 19.1 Å². The number of pyridine rings is 1. The summed E-state index contributed by atoms with van der Waals surface area (Å²) in [5.41, 5.74) is 3.35. The zero-order chi connectivity index (χ0) is 26.5. The average Bonchev–Trinajstić information content (AvgIpc) is 3.22. The van der Waals surface area contributed by atoms with E-state index in [1.54, 1.807) is 19.2 Å². The number of anilines is 1. The number of aryl methyl sites for hydroxylation is 1. The molecule has 0 bridgehead atoms. The molecule has 2 amide bonds. The van der Waals surface area contributed by atoms with Crippen LogP contribution in [0.25, 0.3) is 10.9 Å². The number of aromatic nitrogens is 2. The molecule has 190 valence electrons. The van der Waals surface area contributed by atoms with Gasteiger partial charge in [0.25, 0.3) is 11.7 Å². The summed E-state index contributed by atoms with van der Waals surface area (Å²) < 4.78 is 7.10. The van der Waals surface area contributed by atoms with Gasteiger partial charge in [0.15, 0.2) is 0 Å². The predicted octanol–water partition coefficient (Wildman–Crippen LogP) is 3.95. The zero-order valence-corrected chi connectivity index (χ0v) is 21.4. The first kappa shape index (κ1) is 25.6. The molecule has 0 saturated heterocycles. The molecule has 0 aliphatic heterocycles. The number of nitrogens with zero attached hydrogens (tertiary/aromatic N) is 3. The number of nitrogens with one attached hydrogen (secondary N) is 1. The molecule has 0 spiro atoms. The molecular formula is C29H30N4O4. The van der Waals surface area contributed by atoms with E-state index in [9.17, 15) is 14.4 Å². The van der Waals surface area contributed by atoms with Crippen LogP contribution in [0, 0.1) is 6.92 Å². The fourth-order valence-corrected chi connectivity index (χ4v) is 4.56. The minimum Gasteiger partial charge on any atom is -0.481 e. The molecule has 1 atom stereocenters. The topological polar surface area (TPSA) is 93.5 Å². The molecule has 2 aromatic carbocycles. The molecule has 4 rings (SSSR count). The van der Waals surface area contributed by atoms with Crippen molar-refractivity contribution in [1.29, 1.82) is 0 Å². The fourth-order valence-electron chi connectivity index (χ4n) is 4.56. The van der Waals surface area contributed by atoms with Gasteiger partial charge in [-0.2, -0.15) is 0 Å². The Bertz CT molecular complexity index is 1430. The van der Waals surface area contributed by atoms with Crippen LogP contribution in [0.3, 0.4) is 0 Å². The molecule has 8 nitrogen and oxygen atoms in total. The molecule has 0 aliphatic rings. The number of hydrogen-bond acceptors (Lipinski definition) is 5. The minimum atomic E-state index is -0.967. The van der Waals surface area contributed by atoms with Gasteiger partial charge in [0.05, 0.1) is 24.6 Å². The Morgan fingerprint density at radius 2 is 1.73 bits per heavy atom. The van der Waals surface area contributed by atoms with Gasteiger partial charge in [0, 0.05) is 42.7 Å². The first-order valence-electron chi connectivity index (χ1n) is 12.1. The Morgan fingerprint density at radius 1 is 1.03 bits per heavy atom. The van der Waals surface area contributed by atoms with Gasteiger partial charge in [0.2, 0.25) is 11.8 Å². The molecule has 4 aromatic rings. The normalized spacial score (nSPS) is 11.7. The second kappa shape index (κ2) is 11.1. The van der Waals surface area contributed by atoms with Crippen molar-refractivity contribution in [1.82, 2.24) is 14.9 Å². The Morgan fingerprint density at radius 3 is 2.38 bits per heavy atom. The largest absolute Gasteiger partial charge is 0.481 e. The van der Waals surface area contributed by atoms with Crippen LogP contribution in [0.15, 0.2) is 72.9 Å². The van der Waals surface area contributed by atoms with Crippen LogP contribution in [-0.2, 0) is 22.6 Å². The summed E-state index contributed by atoms with van der Waals surface area (Å²) in [6, 6.07) is 19.3. The number of hydrogen-bond donors (Lipinski definition) is 1. The van der Waals surface area contributed by atoms with Crippen molar-refractivity contribution in [3.63, 3.8) is 0 Å². The molecular weight excluding hydrogens is 468 g/mol. The van der Waals surface area contributed by atoms with Gasteiger partial charge in [-0.1, -0.05) is 48.5 Å². The van der Waals surface area contributed by atoms with E-state index in [2.05, 4.69) is 10.3 Å². The Labute approximate surface area is 215 Å². The number of carbonyl (C=O) groups excluding carboxylic acids is 3. The van der Waals surface area contributed by atoms with E-state index in [-0.39, 0.29) is 12.3 Å². The van der Waals surface area contributed by atoms with Gasteiger partial charge < -0.3 is 19.5 Å². The highest BCUT2D eigenvalue weighted by Gasteiger charge is 2.30. The van der Waals surface area contributed by atoms with E-state index in [1.807, 2.05) is 73.0 Å². The van der Waals surface area contributed by atoms with Crippen LogP contribution in [-0.4, -0.2) is 47.3 Å². The number of ketones is 1. The summed E-state index contributed by atoms with van der Waals surface area (Å²) in [4.78, 5) is 45.9. The van der Waals surface area contributed by atoms with Crippen molar-refractivity contribution >= 4 is 34.2 Å². The molecule has 0 fully saturated rings. The maximum absolute atomic E-state index is 13.6. The van der Waals surface area contributed by atoms with Crippen LogP contribution in [0.4, 0.5) is 5.69 Å². The lowest BCUT2D eigenvalue weighted by Crippen LogP contribution is -2.50. The van der Waals surface area contributed by atoms with Crippen molar-refractivity contribution in [2.45, 2.75) is 32.9 Å². The Kier molecular flexibility index (Phi) is 7.67. The summed E-state index contributed by atoms with van der Waals surface area (Å²) in [5.74, 6) is -1.44. The molecule has 8 heteroatoms. The highest BCUT2D eigenvalue weighted by molar-refractivity contribution is 6.45. The van der Waals surface area contributed by atoms with Gasteiger partial charge >= 0.3 is 0 Å². The number of ether oxygens (including phenoxy) is 1. The van der Waals surface area contributed by atoms with Crippen LogP contribution < -0.4 is 15.0 Å². The molecule has 0 saturated carbocycles. The van der Waals surface area contributed by atoms with Crippen molar-refractivity contribution in [3.8, 4) is 5.88 Å². The first-order valence-corrected chi connectivity index (χ1v) is 12.1. The number of methoxy groups -OCH3 is 1. The number of amides is 2. The highest BCUT2D eigenvalue weighted by atomic mass is 16.5. The summed E-state index contributed by atoms with van der Waals surface area (Å²) >= 11 is 0. The number of para-hydroxylation sites is 1. The predicted molar refractivity (Wildman–Crippen MR) is 143 cm³/mol. The molecule has 37 heavy (non-hydrogen) atoms. The lowest BCUT2D eigenvalue weighted by atomic mass is 10.0. The van der Waals surface area contributed by atoms with E-state index in [0.717, 1.165) is 22.2 Å². The number of rotatable bonds is 9. The number of likely N-dealkylation sites (N-methyl/N-ethyl adjacent to an activating group) is 1. The zero-order valence-electron chi connectivity index (χ0n) is 21.4. The van der Waals surface area contributed by atoms with Crippen molar-refractivity contribution in [3.05, 3.63) is 89.7 Å². The van der Waals surface area contributed by atoms with E-state index >= 15 is 0 Å². The third-order valence-electron chi connectivity index (χ3n) is 6.51. The smallest absolute Gasteiger partial charge is 0.293 e. The molecule has 2 heterocycles. The third-order valence-corrected chi connectivity index (χ3v) is 6.51. The quantitative estimate of drug-likeness (QED) is 0.279. The summed E-state index contributed by atoms with van der Waals surface area (Å²) in [5, 5.41) is 3.44. The Hall–Kier alpha value is -4.46. The molecule has 0 unspecified atom stereocenters. The van der Waals surface area contributed by atoms with Gasteiger partial charge in [-0.3, -0.25) is 14.4 Å². The fraction of sp³-hybridized carbons (Fsp3) is 0.241. The number of fused-ring (bicyclic) bond motifs is 1. The second-order valence-corrected chi connectivity index (χ2v) is 8.72. The van der Waals surface area contributed by atoms with Gasteiger partial charge in [-0.05, 0) is 31.5 Å². The van der Waals surface area contributed by atoms with E-state index in [0.29, 0.717) is 23.7 Å². The first-order chi connectivity index (χ1) is 17.8. The van der Waals surface area contributed by atoms with Gasteiger partial charge in [-0.25, -0.2) is 4.98 Å². The van der Waals surface area contributed by atoms with E-state index in [1.165, 1.54) is 18.2 Å². The highest BCUT2D eigenvalue weighted by Crippen LogP contribution is 2.26. The summed E-state index contributed by atoms with van der Waals surface area (Å²) in [6.07, 6.45) is 1.74. The Balaban J connectivity index is 1.63. The standard InChI is InChI=1S/C29H30N4O4/c1-5-33-19(2)26(22-13-9-10-14-24(22)33)27(34)28(35)31-23(17-20-11-7-6-8-12-20)29(36)32(3)21-15-16-25(37-4)30-18-21/h6-16,18,23H,5,17H2,1-4H3,(H,31,35)/t23-/m0/s1. The number of benzene rings is 2. The van der Waals surface area contributed by atoms with E-state index < -0.39 is 17.7 Å². The van der Waals surface area contributed by atoms with Crippen molar-refractivity contribution < 1.29 is 19.1 Å². The molecule has 2 aromatic heterocycles. The third kappa shape index (κ3) is 5.23. The molecule has 1 N–H and O–H groups in total. The van der Waals surface area contributed by atoms with Crippen LogP contribution in [0.2, 0.25) is 0 Å². The van der Waals surface area contributed by atoms with E-state index in [4.69, 9.17) is 4.74 Å². The van der Waals surface area contributed by atoms with Crippen LogP contribution in [0.1, 0.15) is 28.5 Å². The number of Topliss-reactive ketones (excluding diaryl/α,β-unsaturated/α-hetero) is 1. The number of carbonyl (C=O) groups is 3. The maximum atomic E-state index is 13.6. The second-order valence-electron chi connectivity index (χ2n) is 8.72. The maximum Gasteiger partial charge on any atom is 0.293 e. The average molecular weight is 499 g/mol. The van der Waals surface area contributed by atoms with Crippen LogP contribution >= 0.6 is 0 Å².